The van der Waals surface area contributed by atoms with E-state index in [2.05, 4.69) is 17.0 Å². The summed E-state index contributed by atoms with van der Waals surface area (Å²) in [6, 6.07) is 10.7. The first kappa shape index (κ1) is 17.5. The molecule has 5 nitrogen and oxygen atoms in total. The Hall–Kier alpha value is -1.88. The van der Waals surface area contributed by atoms with E-state index in [0.29, 0.717) is 25.4 Å². The molecule has 5 atom stereocenters. The molecule has 1 N–H and O–H groups in total. The molecule has 0 aliphatic carbocycles. The fraction of sp³-hybridized carbons (Fsp3) is 0.619. The van der Waals surface area contributed by atoms with Gasteiger partial charge < -0.3 is 14.9 Å². The van der Waals surface area contributed by atoms with Gasteiger partial charge in [-0.2, -0.15) is 0 Å². The molecular weight excluding hydrogens is 328 g/mol. The molecular formula is C21H28N2O3. The van der Waals surface area contributed by atoms with Gasteiger partial charge in [-0.25, -0.2) is 0 Å². The van der Waals surface area contributed by atoms with Crippen molar-refractivity contribution in [1.82, 2.24) is 9.80 Å². The van der Waals surface area contributed by atoms with Gasteiger partial charge in [0.1, 0.15) is 6.10 Å². The molecule has 3 fully saturated rings. The van der Waals surface area contributed by atoms with Gasteiger partial charge in [0.05, 0.1) is 0 Å². The van der Waals surface area contributed by atoms with E-state index >= 15 is 0 Å². The molecule has 0 unspecified atom stereocenters. The van der Waals surface area contributed by atoms with Crippen LogP contribution in [0.2, 0.25) is 0 Å². The highest BCUT2D eigenvalue weighted by atomic mass is 16.3. The Morgan fingerprint density at radius 3 is 2.69 bits per heavy atom. The van der Waals surface area contributed by atoms with E-state index in [1.807, 2.05) is 23.1 Å². The smallest absolute Gasteiger partial charge is 0.251 e. The minimum atomic E-state index is -0.953. The van der Waals surface area contributed by atoms with E-state index < -0.39 is 6.10 Å². The maximum Gasteiger partial charge on any atom is 0.251 e. The van der Waals surface area contributed by atoms with Crippen LogP contribution in [0.3, 0.4) is 0 Å². The number of piperidine rings is 3. The van der Waals surface area contributed by atoms with Crippen LogP contribution >= 0.6 is 0 Å². The first-order chi connectivity index (χ1) is 12.5. The highest BCUT2D eigenvalue weighted by Gasteiger charge is 2.50. The Morgan fingerprint density at radius 1 is 1.23 bits per heavy atom. The van der Waals surface area contributed by atoms with E-state index in [0.717, 1.165) is 25.7 Å². The number of hydrogen-bond donors (Lipinski definition) is 1. The summed E-state index contributed by atoms with van der Waals surface area (Å²) in [6.07, 6.45) is 3.60. The average Bonchev–Trinajstić information content (AvgIpc) is 2.65. The van der Waals surface area contributed by atoms with Gasteiger partial charge in [0.15, 0.2) is 0 Å². The molecule has 2 bridgehead atoms. The Balaban J connectivity index is 1.63. The lowest BCUT2D eigenvalue weighted by molar-refractivity contribution is -0.158. The summed E-state index contributed by atoms with van der Waals surface area (Å²) in [5.74, 6) is 0.739. The fourth-order valence-electron chi connectivity index (χ4n) is 5.34. The van der Waals surface area contributed by atoms with Gasteiger partial charge in [0, 0.05) is 31.6 Å². The van der Waals surface area contributed by atoms with Crippen LogP contribution in [-0.4, -0.2) is 58.0 Å². The highest BCUT2D eigenvalue weighted by Crippen LogP contribution is 2.42. The van der Waals surface area contributed by atoms with Crippen LogP contribution in [0.25, 0.3) is 0 Å². The number of amides is 2. The van der Waals surface area contributed by atoms with Crippen LogP contribution in [0, 0.1) is 11.8 Å². The van der Waals surface area contributed by atoms with Crippen molar-refractivity contribution in [2.75, 3.05) is 13.1 Å². The third-order valence-electron chi connectivity index (χ3n) is 6.45. The molecule has 3 aliphatic heterocycles. The zero-order valence-corrected chi connectivity index (χ0v) is 15.4. The first-order valence-corrected chi connectivity index (χ1v) is 9.86. The number of carbonyl (C=O) groups is 2. The largest absolute Gasteiger partial charge is 0.384 e. The summed E-state index contributed by atoms with van der Waals surface area (Å²) in [5.41, 5.74) is 1.24. The second-order valence-electron chi connectivity index (χ2n) is 8.19. The van der Waals surface area contributed by atoms with Gasteiger partial charge in [0.25, 0.3) is 5.91 Å². The van der Waals surface area contributed by atoms with E-state index in [-0.39, 0.29) is 29.8 Å². The van der Waals surface area contributed by atoms with Crippen molar-refractivity contribution in [3.63, 3.8) is 0 Å². The molecule has 1 aromatic carbocycles. The van der Waals surface area contributed by atoms with Crippen molar-refractivity contribution in [1.29, 1.82) is 0 Å². The van der Waals surface area contributed by atoms with Crippen LogP contribution in [0.15, 0.2) is 30.3 Å². The van der Waals surface area contributed by atoms with Crippen LogP contribution in [-0.2, 0) is 16.0 Å². The molecule has 0 spiro atoms. The van der Waals surface area contributed by atoms with Gasteiger partial charge in [-0.3, -0.25) is 9.59 Å². The molecule has 26 heavy (non-hydrogen) atoms. The summed E-state index contributed by atoms with van der Waals surface area (Å²) < 4.78 is 0. The van der Waals surface area contributed by atoms with Crippen LogP contribution in [0.5, 0.6) is 0 Å². The monoisotopic (exact) mass is 356 g/mol. The second kappa shape index (κ2) is 7.03. The molecule has 3 aliphatic rings. The highest BCUT2D eigenvalue weighted by molar-refractivity contribution is 5.81. The maximum atomic E-state index is 12.8. The number of aliphatic hydroxyl groups is 1. The number of likely N-dealkylation sites (tertiary alicyclic amines) is 1. The Morgan fingerprint density at radius 2 is 1.96 bits per heavy atom. The van der Waals surface area contributed by atoms with Gasteiger partial charge in [0.2, 0.25) is 5.91 Å². The van der Waals surface area contributed by atoms with Gasteiger partial charge in [-0.05, 0) is 50.0 Å². The van der Waals surface area contributed by atoms with Crippen molar-refractivity contribution >= 4 is 11.8 Å². The number of aliphatic hydroxyl groups excluding tert-OH is 1. The second-order valence-corrected chi connectivity index (χ2v) is 8.19. The molecule has 0 saturated carbocycles. The SMILES string of the molecule is C[C@H](O)C(=O)N1C[C@H]2C[C@@H](C1)[C@H](Cc1ccccc1)N1C(=O)CCC[C@@H]21. The topological polar surface area (TPSA) is 60.9 Å². The predicted octanol–water partition coefficient (Wildman–Crippen LogP) is 1.84. The molecule has 140 valence electrons. The van der Waals surface area contributed by atoms with E-state index in [9.17, 15) is 14.7 Å². The minimum absolute atomic E-state index is 0.149. The third kappa shape index (κ3) is 3.13. The molecule has 2 amide bonds. The van der Waals surface area contributed by atoms with Crippen molar-refractivity contribution < 1.29 is 14.7 Å². The van der Waals surface area contributed by atoms with Gasteiger partial charge in [-0.15, -0.1) is 0 Å². The number of benzene rings is 1. The Bertz CT molecular complexity index is 675. The maximum absolute atomic E-state index is 12.8. The summed E-state index contributed by atoms with van der Waals surface area (Å²) in [4.78, 5) is 29.2. The molecule has 0 radical (unpaired) electrons. The average molecular weight is 356 g/mol. The third-order valence-corrected chi connectivity index (χ3v) is 6.45. The van der Waals surface area contributed by atoms with Crippen LogP contribution < -0.4 is 0 Å². The molecule has 4 rings (SSSR count). The Kier molecular flexibility index (Phi) is 4.74. The molecule has 3 heterocycles. The lowest BCUT2D eigenvalue weighted by Crippen LogP contribution is -2.66. The number of hydrogen-bond acceptors (Lipinski definition) is 3. The zero-order valence-electron chi connectivity index (χ0n) is 15.4. The number of carbonyl (C=O) groups excluding carboxylic acids is 2. The quantitative estimate of drug-likeness (QED) is 0.899. The van der Waals surface area contributed by atoms with Crippen molar-refractivity contribution in [3.05, 3.63) is 35.9 Å². The Labute approximate surface area is 155 Å². The van der Waals surface area contributed by atoms with Gasteiger partial charge >= 0.3 is 0 Å². The lowest BCUT2D eigenvalue weighted by atomic mass is 9.70. The summed E-state index contributed by atoms with van der Waals surface area (Å²) in [5, 5.41) is 9.76. The van der Waals surface area contributed by atoms with Crippen molar-refractivity contribution in [3.8, 4) is 0 Å². The molecule has 1 aromatic rings. The number of rotatable bonds is 3. The van der Waals surface area contributed by atoms with Crippen molar-refractivity contribution in [2.24, 2.45) is 11.8 Å². The van der Waals surface area contributed by atoms with E-state index in [4.69, 9.17) is 0 Å². The summed E-state index contributed by atoms with van der Waals surface area (Å²) in [7, 11) is 0. The van der Waals surface area contributed by atoms with Crippen LogP contribution in [0.4, 0.5) is 0 Å². The van der Waals surface area contributed by atoms with Crippen LogP contribution in [0.1, 0.15) is 38.2 Å². The summed E-state index contributed by atoms with van der Waals surface area (Å²) >= 11 is 0. The zero-order chi connectivity index (χ0) is 18.3. The number of nitrogens with zero attached hydrogens (tertiary/aromatic N) is 2. The summed E-state index contributed by atoms with van der Waals surface area (Å²) in [6.45, 7) is 2.87. The minimum Gasteiger partial charge on any atom is -0.384 e. The molecule has 0 aromatic heterocycles. The normalized spacial score (nSPS) is 32.2. The van der Waals surface area contributed by atoms with Crippen molar-refractivity contribution in [2.45, 2.75) is 57.2 Å². The molecule has 3 saturated heterocycles. The van der Waals surface area contributed by atoms with Gasteiger partial charge in [-0.1, -0.05) is 30.3 Å². The predicted molar refractivity (Wildman–Crippen MR) is 98.3 cm³/mol. The standard InChI is InChI=1S/C21H28N2O3/c1-14(24)21(26)22-12-16-11-17(13-22)19(10-15-6-3-2-4-7-15)23-18(16)8-5-9-20(23)25/h2-4,6-7,14,16-19,24H,5,8-13H2,1H3/t14-,16+,17-,18-,19-/m0/s1. The lowest BCUT2D eigenvalue weighted by Gasteiger charge is -2.56. The van der Waals surface area contributed by atoms with E-state index in [1.54, 1.807) is 6.92 Å². The number of fused-ring (bicyclic) bond motifs is 4. The first-order valence-electron chi connectivity index (χ1n) is 9.86. The molecule has 5 heteroatoms. The fourth-order valence-corrected chi connectivity index (χ4v) is 5.34. The van der Waals surface area contributed by atoms with E-state index in [1.165, 1.54) is 5.56 Å².